The van der Waals surface area contributed by atoms with Gasteiger partial charge in [-0.2, -0.15) is 10.2 Å². The minimum Gasteiger partial charge on any atom is -0.258 e. The lowest BCUT2D eigenvalue weighted by molar-refractivity contribution is -0.384. The predicted octanol–water partition coefficient (Wildman–Crippen LogP) is 7.61. The standard InChI is InChI=1S/C23H14Cl4N6O2S/c24-17-7-1-13(9-19(17)26)11-28-30-21(15-4-8-18(25)20(27)10-15)12-36-23-29-22(31-32-23)14-2-5-16(6-3-14)33(34)35/h1-11H,12H2,(H,29,31,32)/b28-11+,30-21-. The van der Waals surface area contributed by atoms with Crippen LogP contribution in [0.3, 0.4) is 0 Å². The Morgan fingerprint density at radius 2 is 1.67 bits per heavy atom. The highest BCUT2D eigenvalue weighted by Gasteiger charge is 2.12. The second kappa shape index (κ2) is 11.9. The van der Waals surface area contributed by atoms with Crippen molar-refractivity contribution in [1.29, 1.82) is 0 Å². The van der Waals surface area contributed by atoms with Gasteiger partial charge in [0.15, 0.2) is 5.82 Å². The number of hydrogen-bond donors (Lipinski definition) is 1. The van der Waals surface area contributed by atoms with Gasteiger partial charge in [-0.3, -0.25) is 15.2 Å². The van der Waals surface area contributed by atoms with Gasteiger partial charge in [-0.1, -0.05) is 70.3 Å². The largest absolute Gasteiger partial charge is 0.269 e. The van der Waals surface area contributed by atoms with Crippen molar-refractivity contribution in [3.8, 4) is 11.4 Å². The minimum absolute atomic E-state index is 0.00299. The van der Waals surface area contributed by atoms with E-state index >= 15 is 0 Å². The molecule has 0 saturated carbocycles. The molecular formula is C23H14Cl4N6O2S. The molecule has 1 aromatic heterocycles. The van der Waals surface area contributed by atoms with E-state index in [1.165, 1.54) is 23.9 Å². The molecule has 0 fully saturated rings. The van der Waals surface area contributed by atoms with Crippen LogP contribution in [0, 0.1) is 10.1 Å². The predicted molar refractivity (Wildman–Crippen MR) is 146 cm³/mol. The summed E-state index contributed by atoms with van der Waals surface area (Å²) in [6, 6.07) is 16.3. The Labute approximate surface area is 229 Å². The summed E-state index contributed by atoms with van der Waals surface area (Å²) in [6.45, 7) is 0. The smallest absolute Gasteiger partial charge is 0.258 e. The van der Waals surface area contributed by atoms with Crippen molar-refractivity contribution in [3.05, 3.63) is 102 Å². The van der Waals surface area contributed by atoms with Crippen LogP contribution in [0.25, 0.3) is 11.4 Å². The van der Waals surface area contributed by atoms with Gasteiger partial charge >= 0.3 is 0 Å². The van der Waals surface area contributed by atoms with Gasteiger partial charge in [0.25, 0.3) is 5.69 Å². The number of aromatic nitrogens is 3. The number of nitrogens with one attached hydrogen (secondary N) is 1. The molecule has 0 aliphatic rings. The first-order chi connectivity index (χ1) is 17.3. The van der Waals surface area contributed by atoms with Crippen LogP contribution in [-0.2, 0) is 0 Å². The Morgan fingerprint density at radius 3 is 2.33 bits per heavy atom. The number of aromatic amines is 1. The van der Waals surface area contributed by atoms with Crippen molar-refractivity contribution in [2.45, 2.75) is 5.16 Å². The molecule has 4 aromatic rings. The summed E-state index contributed by atoms with van der Waals surface area (Å²) in [7, 11) is 0. The number of rotatable bonds is 8. The van der Waals surface area contributed by atoms with Gasteiger partial charge in [-0.25, -0.2) is 4.98 Å². The quantitative estimate of drug-likeness (QED) is 0.0999. The molecule has 0 radical (unpaired) electrons. The van der Waals surface area contributed by atoms with Crippen LogP contribution in [-0.4, -0.2) is 37.8 Å². The molecule has 1 heterocycles. The van der Waals surface area contributed by atoms with E-state index < -0.39 is 4.92 Å². The van der Waals surface area contributed by atoms with E-state index in [9.17, 15) is 10.1 Å². The highest BCUT2D eigenvalue weighted by atomic mass is 35.5. The average molecular weight is 580 g/mol. The van der Waals surface area contributed by atoms with E-state index in [4.69, 9.17) is 46.4 Å². The van der Waals surface area contributed by atoms with Crippen LogP contribution in [0.5, 0.6) is 0 Å². The van der Waals surface area contributed by atoms with E-state index in [-0.39, 0.29) is 5.69 Å². The Kier molecular flexibility index (Phi) is 8.60. The summed E-state index contributed by atoms with van der Waals surface area (Å²) in [5.41, 5.74) is 2.74. The molecule has 13 heteroatoms. The van der Waals surface area contributed by atoms with Crippen molar-refractivity contribution in [1.82, 2.24) is 15.2 Å². The summed E-state index contributed by atoms with van der Waals surface area (Å²) >= 11 is 25.6. The minimum atomic E-state index is -0.459. The van der Waals surface area contributed by atoms with Gasteiger partial charge < -0.3 is 0 Å². The van der Waals surface area contributed by atoms with Crippen LogP contribution in [0.2, 0.25) is 20.1 Å². The molecule has 1 N–H and O–H groups in total. The van der Waals surface area contributed by atoms with E-state index in [1.807, 2.05) is 0 Å². The van der Waals surface area contributed by atoms with E-state index in [0.717, 1.165) is 11.1 Å². The van der Waals surface area contributed by atoms with Gasteiger partial charge in [0.2, 0.25) is 5.16 Å². The van der Waals surface area contributed by atoms with Crippen molar-refractivity contribution >= 4 is 75.8 Å². The van der Waals surface area contributed by atoms with Gasteiger partial charge in [0.05, 0.1) is 36.9 Å². The highest BCUT2D eigenvalue weighted by Crippen LogP contribution is 2.26. The number of hydrogen-bond acceptors (Lipinski definition) is 7. The van der Waals surface area contributed by atoms with Crippen molar-refractivity contribution in [2.24, 2.45) is 10.2 Å². The Balaban J connectivity index is 1.54. The summed E-state index contributed by atoms with van der Waals surface area (Å²) in [4.78, 5) is 14.9. The maximum atomic E-state index is 10.9. The lowest BCUT2D eigenvalue weighted by atomic mass is 10.1. The number of nitrogens with zero attached hydrogens (tertiary/aromatic N) is 5. The Hall–Kier alpha value is -2.95. The lowest BCUT2D eigenvalue weighted by Gasteiger charge is -2.05. The van der Waals surface area contributed by atoms with Crippen LogP contribution in [0.15, 0.2) is 76.0 Å². The Morgan fingerprint density at radius 1 is 0.972 bits per heavy atom. The number of benzene rings is 3. The summed E-state index contributed by atoms with van der Waals surface area (Å²) in [6.07, 6.45) is 1.56. The molecule has 0 bridgehead atoms. The third kappa shape index (κ3) is 6.63. The zero-order valence-corrected chi connectivity index (χ0v) is 21.9. The monoisotopic (exact) mass is 578 g/mol. The molecule has 4 rings (SSSR count). The fraction of sp³-hybridized carbons (Fsp3) is 0.0435. The molecule has 0 atom stereocenters. The van der Waals surface area contributed by atoms with Crippen molar-refractivity contribution < 1.29 is 4.92 Å². The fourth-order valence-electron chi connectivity index (χ4n) is 2.92. The lowest BCUT2D eigenvalue weighted by Crippen LogP contribution is -2.04. The third-order valence-corrected chi connectivity index (χ3v) is 7.07. The van der Waals surface area contributed by atoms with Gasteiger partial charge in [-0.15, -0.1) is 5.10 Å². The van der Waals surface area contributed by atoms with Crippen molar-refractivity contribution in [3.63, 3.8) is 0 Å². The molecule has 8 nitrogen and oxygen atoms in total. The second-order valence-corrected chi connectivity index (χ2v) is 9.72. The maximum absolute atomic E-state index is 10.9. The summed E-state index contributed by atoms with van der Waals surface area (Å²) in [5.74, 6) is 0.854. The van der Waals surface area contributed by atoms with Gasteiger partial charge in [0.1, 0.15) is 0 Å². The molecular weight excluding hydrogens is 566 g/mol. The summed E-state index contributed by atoms with van der Waals surface area (Å²) in [5, 5.41) is 28.6. The number of non-ortho nitro benzene ring substituents is 1. The molecule has 0 aliphatic carbocycles. The molecule has 0 aliphatic heterocycles. The van der Waals surface area contributed by atoms with E-state index in [2.05, 4.69) is 25.4 Å². The van der Waals surface area contributed by atoms with Gasteiger partial charge in [0, 0.05) is 29.0 Å². The van der Waals surface area contributed by atoms with Crippen LogP contribution in [0.4, 0.5) is 5.69 Å². The Bertz CT molecular complexity index is 1470. The molecule has 36 heavy (non-hydrogen) atoms. The fourth-order valence-corrected chi connectivity index (χ4v) is 4.28. The third-order valence-electron chi connectivity index (χ3n) is 4.74. The van der Waals surface area contributed by atoms with Crippen LogP contribution in [0.1, 0.15) is 11.1 Å². The van der Waals surface area contributed by atoms with E-state index in [1.54, 1.807) is 54.7 Å². The van der Waals surface area contributed by atoms with Crippen LogP contribution >= 0.6 is 58.2 Å². The molecule has 0 amide bonds. The normalized spacial score (nSPS) is 11.8. The first-order valence-corrected chi connectivity index (χ1v) is 12.6. The first kappa shape index (κ1) is 26.1. The number of nitro benzene ring substituents is 1. The molecule has 3 aromatic carbocycles. The second-order valence-electron chi connectivity index (χ2n) is 7.15. The molecule has 0 spiro atoms. The molecule has 0 unspecified atom stereocenters. The molecule has 0 saturated heterocycles. The SMILES string of the molecule is O=[N+]([O-])c1ccc(-c2nc(SC/C(=N/N=C/c3ccc(Cl)c(Cl)c3)c3ccc(Cl)c(Cl)c3)n[nH]2)cc1. The van der Waals surface area contributed by atoms with E-state index in [0.29, 0.717) is 48.1 Å². The number of halogens is 4. The average Bonchev–Trinajstić information content (AvgIpc) is 3.34. The summed E-state index contributed by atoms with van der Waals surface area (Å²) < 4.78 is 0. The zero-order chi connectivity index (χ0) is 25.7. The highest BCUT2D eigenvalue weighted by molar-refractivity contribution is 7.99. The van der Waals surface area contributed by atoms with Crippen LogP contribution < -0.4 is 0 Å². The topological polar surface area (TPSA) is 109 Å². The number of H-pyrrole nitrogens is 1. The first-order valence-electron chi connectivity index (χ1n) is 10.1. The maximum Gasteiger partial charge on any atom is 0.269 e. The number of nitro groups is 1. The van der Waals surface area contributed by atoms with Gasteiger partial charge in [-0.05, 0) is 42.0 Å². The zero-order valence-electron chi connectivity index (χ0n) is 18.0. The number of thioether (sulfide) groups is 1. The van der Waals surface area contributed by atoms with Crippen molar-refractivity contribution in [2.75, 3.05) is 5.75 Å². The molecule has 182 valence electrons.